The van der Waals surface area contributed by atoms with Crippen LogP contribution in [-0.2, 0) is 10.2 Å². The molecule has 1 atom stereocenters. The number of ether oxygens (including phenoxy) is 2. The third-order valence-corrected chi connectivity index (χ3v) is 5.63. The van der Waals surface area contributed by atoms with E-state index in [1.165, 1.54) is 0 Å². The average molecular weight is 415 g/mol. The fraction of sp³-hybridized carbons (Fsp3) is 0.231. The summed E-state index contributed by atoms with van der Waals surface area (Å²) in [7, 11) is 1.61. The molecule has 0 aliphatic rings. The van der Waals surface area contributed by atoms with Crippen LogP contribution in [0.3, 0.4) is 0 Å². The first-order chi connectivity index (χ1) is 14.9. The van der Waals surface area contributed by atoms with Crippen LogP contribution in [0.4, 0.5) is 0 Å². The third kappa shape index (κ3) is 4.87. The molecule has 0 aliphatic carbocycles. The van der Waals surface area contributed by atoms with E-state index in [4.69, 9.17) is 9.47 Å². The minimum atomic E-state index is -0.830. The number of nitrogens with zero attached hydrogens (tertiary/aromatic N) is 1. The first kappa shape index (κ1) is 21.9. The topological polar surface area (TPSA) is 79.6 Å². The van der Waals surface area contributed by atoms with Gasteiger partial charge in [0.25, 0.3) is 0 Å². The maximum Gasteiger partial charge on any atom is 0.303 e. The second-order valence-corrected chi connectivity index (χ2v) is 7.64. The summed E-state index contributed by atoms with van der Waals surface area (Å²) in [4.78, 5) is 11.3. The molecule has 0 heterocycles. The van der Waals surface area contributed by atoms with Crippen LogP contribution < -0.4 is 9.47 Å². The van der Waals surface area contributed by atoms with Gasteiger partial charge in [0.15, 0.2) is 0 Å². The predicted octanol–water partition coefficient (Wildman–Crippen LogP) is 5.84. The molecule has 0 amide bonds. The second kappa shape index (κ2) is 9.36. The molecule has 1 unspecified atom stereocenters. The highest BCUT2D eigenvalue weighted by Gasteiger charge is 2.29. The lowest BCUT2D eigenvalue weighted by Crippen LogP contribution is -2.24. The van der Waals surface area contributed by atoms with E-state index >= 15 is 0 Å². The Balaban J connectivity index is 1.92. The van der Waals surface area contributed by atoms with Crippen molar-refractivity contribution in [2.75, 3.05) is 7.11 Å². The molecule has 0 saturated carbocycles. The molecule has 3 aromatic rings. The van der Waals surface area contributed by atoms with Gasteiger partial charge in [-0.15, -0.1) is 0 Å². The largest absolute Gasteiger partial charge is 0.497 e. The minimum absolute atomic E-state index is 0.0512. The van der Waals surface area contributed by atoms with Crippen LogP contribution in [0.2, 0.25) is 0 Å². The van der Waals surface area contributed by atoms with E-state index in [1.54, 1.807) is 13.2 Å². The SMILES string of the molecule is COc1ccc(C(C)(CCC(=O)O)c2ccc(Oc3cccc(C)c3C#N)cc2)cc1. The van der Waals surface area contributed by atoms with Crippen LogP contribution in [0, 0.1) is 18.3 Å². The number of carboxylic acid groups (broad SMARTS) is 1. The van der Waals surface area contributed by atoms with Crippen molar-refractivity contribution in [2.45, 2.75) is 32.1 Å². The Morgan fingerprint density at radius 3 is 2.10 bits per heavy atom. The number of carbonyl (C=O) groups is 1. The fourth-order valence-electron chi connectivity index (χ4n) is 3.66. The van der Waals surface area contributed by atoms with Crippen molar-refractivity contribution in [2.24, 2.45) is 0 Å². The summed E-state index contributed by atoms with van der Waals surface area (Å²) in [5, 5.41) is 18.7. The van der Waals surface area contributed by atoms with Crippen molar-refractivity contribution >= 4 is 5.97 Å². The van der Waals surface area contributed by atoms with Crippen LogP contribution in [0.15, 0.2) is 66.7 Å². The first-order valence-electron chi connectivity index (χ1n) is 10.0. The van der Waals surface area contributed by atoms with Crippen LogP contribution in [0.1, 0.15) is 42.0 Å². The zero-order valence-corrected chi connectivity index (χ0v) is 17.9. The van der Waals surface area contributed by atoms with E-state index in [0.29, 0.717) is 23.5 Å². The number of hydrogen-bond donors (Lipinski definition) is 1. The van der Waals surface area contributed by atoms with Crippen molar-refractivity contribution in [3.8, 4) is 23.3 Å². The molecule has 0 aromatic heterocycles. The number of aryl methyl sites for hydroxylation is 1. The molecule has 0 aliphatic heterocycles. The molecule has 3 aromatic carbocycles. The second-order valence-electron chi connectivity index (χ2n) is 7.64. The van der Waals surface area contributed by atoms with Crippen LogP contribution in [0.5, 0.6) is 17.2 Å². The normalized spacial score (nSPS) is 12.5. The van der Waals surface area contributed by atoms with E-state index < -0.39 is 11.4 Å². The van der Waals surface area contributed by atoms with Gasteiger partial charge in [0.05, 0.1) is 12.7 Å². The van der Waals surface area contributed by atoms with Crippen molar-refractivity contribution in [3.05, 3.63) is 89.0 Å². The zero-order valence-electron chi connectivity index (χ0n) is 17.9. The molecule has 1 N–H and O–H groups in total. The minimum Gasteiger partial charge on any atom is -0.497 e. The molecule has 158 valence electrons. The summed E-state index contributed by atoms with van der Waals surface area (Å²) in [6.45, 7) is 3.92. The Morgan fingerprint density at radius 2 is 1.58 bits per heavy atom. The summed E-state index contributed by atoms with van der Waals surface area (Å²) in [5.41, 5.74) is 2.86. The summed E-state index contributed by atoms with van der Waals surface area (Å²) >= 11 is 0. The van der Waals surface area contributed by atoms with E-state index in [2.05, 4.69) is 6.07 Å². The molecule has 0 spiro atoms. The van der Waals surface area contributed by atoms with Crippen molar-refractivity contribution in [3.63, 3.8) is 0 Å². The van der Waals surface area contributed by atoms with Crippen molar-refractivity contribution in [1.29, 1.82) is 5.26 Å². The molecule has 5 heteroatoms. The molecule has 0 fully saturated rings. The number of rotatable bonds is 8. The van der Waals surface area contributed by atoms with Gasteiger partial charge in [0.2, 0.25) is 0 Å². The fourth-order valence-corrected chi connectivity index (χ4v) is 3.66. The first-order valence-corrected chi connectivity index (χ1v) is 10.0. The quantitative estimate of drug-likeness (QED) is 0.500. The molecule has 0 bridgehead atoms. The highest BCUT2D eigenvalue weighted by Crippen LogP contribution is 2.38. The summed E-state index contributed by atoms with van der Waals surface area (Å²) in [6, 6.07) is 23.0. The maximum absolute atomic E-state index is 11.3. The number of nitriles is 1. The lowest BCUT2D eigenvalue weighted by atomic mass is 9.73. The smallest absolute Gasteiger partial charge is 0.303 e. The number of hydrogen-bond acceptors (Lipinski definition) is 4. The molecule has 5 nitrogen and oxygen atoms in total. The van der Waals surface area contributed by atoms with Gasteiger partial charge >= 0.3 is 5.97 Å². The lowest BCUT2D eigenvalue weighted by Gasteiger charge is -2.31. The summed E-state index contributed by atoms with van der Waals surface area (Å²) in [5.74, 6) is 1.04. The van der Waals surface area contributed by atoms with Gasteiger partial charge in [-0.25, -0.2) is 0 Å². The summed E-state index contributed by atoms with van der Waals surface area (Å²) in [6.07, 6.45) is 0.501. The van der Waals surface area contributed by atoms with Crippen LogP contribution >= 0.6 is 0 Å². The molecule has 3 rings (SSSR count). The van der Waals surface area contributed by atoms with Gasteiger partial charge in [-0.3, -0.25) is 4.79 Å². The van der Waals surface area contributed by atoms with Crippen molar-refractivity contribution in [1.82, 2.24) is 0 Å². The van der Waals surface area contributed by atoms with Gasteiger partial charge in [-0.2, -0.15) is 5.26 Å². The predicted molar refractivity (Wildman–Crippen MR) is 119 cm³/mol. The monoisotopic (exact) mass is 415 g/mol. The number of benzene rings is 3. The van der Waals surface area contributed by atoms with E-state index in [9.17, 15) is 15.2 Å². The van der Waals surface area contributed by atoms with Gasteiger partial charge < -0.3 is 14.6 Å². The Kier molecular flexibility index (Phi) is 6.61. The Labute approximate surface area is 182 Å². The number of aliphatic carboxylic acids is 1. The Hall–Kier alpha value is -3.78. The van der Waals surface area contributed by atoms with E-state index in [1.807, 2.05) is 74.5 Å². The van der Waals surface area contributed by atoms with Gasteiger partial charge in [0.1, 0.15) is 23.3 Å². The molecular formula is C26H25NO4. The molecule has 0 saturated heterocycles. The zero-order chi connectivity index (χ0) is 22.4. The van der Waals surface area contributed by atoms with E-state index in [-0.39, 0.29) is 6.42 Å². The molecular weight excluding hydrogens is 390 g/mol. The van der Waals surface area contributed by atoms with Crippen LogP contribution in [0.25, 0.3) is 0 Å². The highest BCUT2D eigenvalue weighted by molar-refractivity contribution is 5.67. The van der Waals surface area contributed by atoms with Gasteiger partial charge in [-0.05, 0) is 60.4 Å². The third-order valence-electron chi connectivity index (χ3n) is 5.63. The Bertz CT molecular complexity index is 1100. The van der Waals surface area contributed by atoms with Crippen LogP contribution in [-0.4, -0.2) is 18.2 Å². The van der Waals surface area contributed by atoms with Gasteiger partial charge in [-0.1, -0.05) is 43.3 Å². The highest BCUT2D eigenvalue weighted by atomic mass is 16.5. The standard InChI is InChI=1S/C26H25NO4/c1-18-5-4-6-24(23(18)17-27)31-22-13-9-20(10-14-22)26(2,16-15-25(28)29)19-7-11-21(30-3)12-8-19/h4-14H,15-16H2,1-3H3,(H,28,29). The van der Waals surface area contributed by atoms with Gasteiger partial charge in [0, 0.05) is 11.8 Å². The summed E-state index contributed by atoms with van der Waals surface area (Å²) < 4.78 is 11.2. The molecule has 31 heavy (non-hydrogen) atoms. The lowest BCUT2D eigenvalue weighted by molar-refractivity contribution is -0.137. The Morgan fingerprint density at radius 1 is 1.00 bits per heavy atom. The maximum atomic E-state index is 11.3. The average Bonchev–Trinajstić information content (AvgIpc) is 2.78. The number of carboxylic acids is 1. The molecule has 0 radical (unpaired) electrons. The van der Waals surface area contributed by atoms with E-state index in [0.717, 1.165) is 22.4 Å². The van der Waals surface area contributed by atoms with Crippen molar-refractivity contribution < 1.29 is 19.4 Å². The number of methoxy groups -OCH3 is 1.